The van der Waals surface area contributed by atoms with E-state index in [1.807, 2.05) is 38.1 Å². The predicted molar refractivity (Wildman–Crippen MR) is 125 cm³/mol. The Labute approximate surface area is 191 Å². The van der Waals surface area contributed by atoms with Gasteiger partial charge < -0.3 is 19.7 Å². The lowest BCUT2D eigenvalue weighted by Gasteiger charge is -2.25. The maximum absolute atomic E-state index is 13.2. The zero-order chi connectivity index (χ0) is 23.0. The lowest BCUT2D eigenvalue weighted by atomic mass is 9.93. The molecule has 166 valence electrons. The first-order valence-electron chi connectivity index (χ1n) is 10.6. The van der Waals surface area contributed by atoms with Crippen molar-refractivity contribution in [3.05, 3.63) is 69.9 Å². The number of carbonyl (C=O) groups excluding carboxylic acids is 2. The number of likely N-dealkylation sites (tertiary alicyclic amines) is 1. The van der Waals surface area contributed by atoms with E-state index >= 15 is 0 Å². The number of aliphatic hydroxyl groups excluding tert-OH is 1. The largest absolute Gasteiger partial charge is 0.507 e. The number of benzene rings is 2. The standard InChI is InChI=1S/C25H25ClN2O4/c1-4-5-12-28-22(20-14(2)27-19-9-7-6-8-16(19)20)21(24(30)25(28)31)23(29)17-13-15(32-3)10-11-18(17)26/h6-11,13,22,27,29H,4-5,12H2,1-3H3/b23-21+. The Morgan fingerprint density at radius 2 is 1.97 bits per heavy atom. The first-order chi connectivity index (χ1) is 15.4. The number of methoxy groups -OCH3 is 1. The van der Waals surface area contributed by atoms with E-state index in [-0.39, 0.29) is 21.9 Å². The molecular weight excluding hydrogens is 428 g/mol. The average molecular weight is 453 g/mol. The molecule has 2 heterocycles. The van der Waals surface area contributed by atoms with Crippen LogP contribution in [-0.4, -0.2) is 40.3 Å². The number of rotatable bonds is 6. The fourth-order valence-corrected chi connectivity index (χ4v) is 4.55. The van der Waals surface area contributed by atoms with Crippen molar-refractivity contribution in [2.75, 3.05) is 13.7 Å². The number of halogens is 1. The van der Waals surface area contributed by atoms with E-state index in [9.17, 15) is 14.7 Å². The quantitative estimate of drug-likeness (QED) is 0.299. The Kier molecular flexibility index (Phi) is 5.98. The van der Waals surface area contributed by atoms with E-state index in [1.165, 1.54) is 7.11 Å². The van der Waals surface area contributed by atoms with Crippen LogP contribution in [0.15, 0.2) is 48.0 Å². The molecule has 2 aromatic carbocycles. The molecule has 1 aliphatic heterocycles. The predicted octanol–water partition coefficient (Wildman–Crippen LogP) is 5.36. The summed E-state index contributed by atoms with van der Waals surface area (Å²) < 4.78 is 5.26. The van der Waals surface area contributed by atoms with E-state index in [0.29, 0.717) is 12.3 Å². The number of para-hydroxylation sites is 1. The topological polar surface area (TPSA) is 82.6 Å². The second kappa shape index (κ2) is 8.71. The van der Waals surface area contributed by atoms with Crippen LogP contribution in [0.3, 0.4) is 0 Å². The molecule has 6 nitrogen and oxygen atoms in total. The van der Waals surface area contributed by atoms with Crippen molar-refractivity contribution in [3.8, 4) is 5.75 Å². The molecule has 0 aliphatic carbocycles. The third kappa shape index (κ3) is 3.54. The molecular formula is C25H25ClN2O4. The zero-order valence-electron chi connectivity index (χ0n) is 18.2. The highest BCUT2D eigenvalue weighted by molar-refractivity contribution is 6.47. The van der Waals surface area contributed by atoms with E-state index < -0.39 is 17.7 Å². The minimum Gasteiger partial charge on any atom is -0.507 e. The van der Waals surface area contributed by atoms with Gasteiger partial charge in [0.2, 0.25) is 0 Å². The number of aromatic amines is 1. The van der Waals surface area contributed by atoms with Gasteiger partial charge in [-0.3, -0.25) is 9.59 Å². The van der Waals surface area contributed by atoms with Crippen molar-refractivity contribution in [2.45, 2.75) is 32.7 Å². The summed E-state index contributed by atoms with van der Waals surface area (Å²) in [6, 6.07) is 11.8. The molecule has 1 amide bonds. The van der Waals surface area contributed by atoms with Crippen LogP contribution in [-0.2, 0) is 9.59 Å². The third-order valence-corrected chi connectivity index (χ3v) is 6.27. The maximum Gasteiger partial charge on any atom is 0.295 e. The molecule has 3 aromatic rings. The van der Waals surface area contributed by atoms with Crippen molar-refractivity contribution in [1.29, 1.82) is 0 Å². The van der Waals surface area contributed by atoms with Gasteiger partial charge in [0, 0.05) is 34.3 Å². The lowest BCUT2D eigenvalue weighted by molar-refractivity contribution is -0.139. The van der Waals surface area contributed by atoms with Gasteiger partial charge in [0.15, 0.2) is 0 Å². The molecule has 32 heavy (non-hydrogen) atoms. The number of aryl methyl sites for hydroxylation is 1. The Morgan fingerprint density at radius 3 is 2.69 bits per heavy atom. The van der Waals surface area contributed by atoms with Crippen molar-refractivity contribution in [3.63, 3.8) is 0 Å². The summed E-state index contributed by atoms with van der Waals surface area (Å²) in [5.74, 6) is -1.15. The Morgan fingerprint density at radius 1 is 1.22 bits per heavy atom. The van der Waals surface area contributed by atoms with Gasteiger partial charge in [0.05, 0.1) is 23.7 Å². The molecule has 0 bridgehead atoms. The van der Waals surface area contributed by atoms with E-state index in [2.05, 4.69) is 4.98 Å². The number of fused-ring (bicyclic) bond motifs is 1. The summed E-state index contributed by atoms with van der Waals surface area (Å²) in [6.45, 7) is 4.35. The summed E-state index contributed by atoms with van der Waals surface area (Å²) >= 11 is 6.36. The highest BCUT2D eigenvalue weighted by Gasteiger charge is 2.47. The Balaban J connectivity index is 1.99. The molecule has 0 spiro atoms. The van der Waals surface area contributed by atoms with Gasteiger partial charge in [0.25, 0.3) is 11.7 Å². The molecule has 7 heteroatoms. The van der Waals surface area contributed by atoms with E-state index in [4.69, 9.17) is 16.3 Å². The van der Waals surface area contributed by atoms with Gasteiger partial charge in [-0.15, -0.1) is 0 Å². The normalized spacial score (nSPS) is 18.0. The van der Waals surface area contributed by atoms with Crippen LogP contribution in [0, 0.1) is 6.92 Å². The summed E-state index contributed by atoms with van der Waals surface area (Å²) in [6.07, 6.45) is 1.61. The molecule has 2 N–H and O–H groups in total. The van der Waals surface area contributed by atoms with Crippen molar-refractivity contribution >= 4 is 40.0 Å². The number of ketones is 1. The molecule has 1 atom stereocenters. The number of Topliss-reactive ketones (excluding diaryl/α,β-unsaturated/α-hetero) is 1. The molecule has 1 fully saturated rings. The minimum absolute atomic E-state index is 0.0362. The number of amides is 1. The highest BCUT2D eigenvalue weighted by atomic mass is 35.5. The van der Waals surface area contributed by atoms with Crippen LogP contribution in [0.1, 0.15) is 42.6 Å². The first kappa shape index (κ1) is 22.0. The molecule has 0 saturated carbocycles. The number of nitrogens with zero attached hydrogens (tertiary/aromatic N) is 1. The molecule has 1 aliphatic rings. The number of aromatic nitrogens is 1. The second-order valence-electron chi connectivity index (χ2n) is 7.90. The summed E-state index contributed by atoms with van der Waals surface area (Å²) in [5.41, 5.74) is 2.83. The van der Waals surface area contributed by atoms with Gasteiger partial charge in [-0.2, -0.15) is 0 Å². The minimum atomic E-state index is -0.722. The van der Waals surface area contributed by atoms with E-state index in [0.717, 1.165) is 35.0 Å². The molecule has 4 rings (SSSR count). The molecule has 1 unspecified atom stereocenters. The summed E-state index contributed by atoms with van der Waals surface area (Å²) in [7, 11) is 1.51. The number of hydrogen-bond donors (Lipinski definition) is 2. The van der Waals surface area contributed by atoms with Crippen LogP contribution >= 0.6 is 11.6 Å². The maximum atomic E-state index is 13.2. The van der Waals surface area contributed by atoms with Crippen LogP contribution in [0.4, 0.5) is 0 Å². The lowest BCUT2D eigenvalue weighted by Crippen LogP contribution is -2.30. The van der Waals surface area contributed by atoms with Gasteiger partial charge in [-0.25, -0.2) is 0 Å². The summed E-state index contributed by atoms with van der Waals surface area (Å²) in [4.78, 5) is 31.2. The van der Waals surface area contributed by atoms with Crippen LogP contribution < -0.4 is 4.74 Å². The number of aliphatic hydroxyl groups is 1. The van der Waals surface area contributed by atoms with Crippen molar-refractivity contribution < 1.29 is 19.4 Å². The van der Waals surface area contributed by atoms with Crippen LogP contribution in [0.25, 0.3) is 16.7 Å². The van der Waals surface area contributed by atoms with E-state index in [1.54, 1.807) is 23.1 Å². The van der Waals surface area contributed by atoms with Gasteiger partial charge >= 0.3 is 0 Å². The van der Waals surface area contributed by atoms with Crippen LogP contribution in [0.2, 0.25) is 5.02 Å². The average Bonchev–Trinajstić information content (AvgIpc) is 3.24. The number of unbranched alkanes of at least 4 members (excludes halogenated alkanes) is 1. The Hall–Kier alpha value is -3.25. The molecule has 0 radical (unpaired) electrons. The first-order valence-corrected chi connectivity index (χ1v) is 11.0. The number of nitrogens with one attached hydrogen (secondary N) is 1. The number of carbonyl (C=O) groups is 2. The third-order valence-electron chi connectivity index (χ3n) is 5.94. The number of ether oxygens (including phenoxy) is 1. The van der Waals surface area contributed by atoms with Gasteiger partial charge in [-0.05, 0) is 37.6 Å². The fraction of sp³-hybridized carbons (Fsp3) is 0.280. The SMILES string of the molecule is CCCCN1C(=O)C(=O)/C(=C(/O)c2cc(OC)ccc2Cl)C1c1c(C)[nH]c2ccccc12. The van der Waals surface area contributed by atoms with Crippen molar-refractivity contribution in [2.24, 2.45) is 0 Å². The zero-order valence-corrected chi connectivity index (χ0v) is 19.0. The van der Waals surface area contributed by atoms with Crippen molar-refractivity contribution in [1.82, 2.24) is 9.88 Å². The second-order valence-corrected chi connectivity index (χ2v) is 8.31. The van der Waals surface area contributed by atoms with Gasteiger partial charge in [-0.1, -0.05) is 43.1 Å². The highest BCUT2D eigenvalue weighted by Crippen LogP contribution is 2.44. The monoisotopic (exact) mass is 452 g/mol. The smallest absolute Gasteiger partial charge is 0.295 e. The van der Waals surface area contributed by atoms with Gasteiger partial charge in [0.1, 0.15) is 11.5 Å². The fourth-order valence-electron chi connectivity index (χ4n) is 4.35. The number of H-pyrrole nitrogens is 1. The Bertz CT molecular complexity index is 1240. The molecule has 1 aromatic heterocycles. The number of hydrogen-bond acceptors (Lipinski definition) is 4. The molecule has 1 saturated heterocycles. The van der Waals surface area contributed by atoms with Crippen LogP contribution in [0.5, 0.6) is 5.75 Å². The summed E-state index contributed by atoms with van der Waals surface area (Å²) in [5, 5.41) is 12.5.